The summed E-state index contributed by atoms with van der Waals surface area (Å²) in [4.78, 5) is 48.7. The fourth-order valence-corrected chi connectivity index (χ4v) is 4.73. The summed E-state index contributed by atoms with van der Waals surface area (Å²) >= 11 is 0. The molecule has 0 atom stereocenters. The molecule has 2 aromatic carbocycles. The molecule has 0 aliphatic carbocycles. The lowest BCUT2D eigenvalue weighted by Gasteiger charge is -2.31. The number of terminal acetylenes is 1. The average molecular weight is 566 g/mol. The maximum Gasteiger partial charge on any atom is 0.416 e. The zero-order valence-corrected chi connectivity index (χ0v) is 23.0. The minimum absolute atomic E-state index is 0.0428. The molecule has 41 heavy (non-hydrogen) atoms. The van der Waals surface area contributed by atoms with Gasteiger partial charge in [0.15, 0.2) is 0 Å². The molecule has 0 radical (unpaired) electrons. The molecular formula is C30H30F3N5O3. The van der Waals surface area contributed by atoms with E-state index in [9.17, 15) is 27.6 Å². The highest BCUT2D eigenvalue weighted by Crippen LogP contribution is 2.32. The Morgan fingerprint density at radius 3 is 2.24 bits per heavy atom. The van der Waals surface area contributed by atoms with Crippen LogP contribution in [0.5, 0.6) is 0 Å². The Hall–Kier alpha value is -4.59. The molecule has 0 unspecified atom stereocenters. The Bertz CT molecular complexity index is 1540. The number of amides is 2. The van der Waals surface area contributed by atoms with Gasteiger partial charge < -0.3 is 14.7 Å². The zero-order chi connectivity index (χ0) is 29.9. The van der Waals surface area contributed by atoms with Crippen molar-refractivity contribution in [1.29, 1.82) is 0 Å². The number of carbonyl (C=O) groups is 2. The normalized spacial score (nSPS) is 12.9. The van der Waals surface area contributed by atoms with Crippen molar-refractivity contribution in [2.24, 2.45) is 0 Å². The van der Waals surface area contributed by atoms with Crippen molar-refractivity contribution in [2.75, 3.05) is 32.1 Å². The molecule has 2 amide bonds. The molecule has 1 aromatic heterocycles. The third-order valence-corrected chi connectivity index (χ3v) is 6.91. The number of anilines is 2. The average Bonchev–Trinajstić information content (AvgIpc) is 2.96. The van der Waals surface area contributed by atoms with E-state index < -0.39 is 11.7 Å². The van der Waals surface area contributed by atoms with Gasteiger partial charge in [0.05, 0.1) is 23.4 Å². The summed E-state index contributed by atoms with van der Waals surface area (Å²) in [7, 11) is 3.29. The first-order valence-corrected chi connectivity index (χ1v) is 13.1. The standard InChI is InChI=1S/C30H30F3N5O3/c1-5-7-17-38-28(41)24-19-36(27(40)21-10-8-20(9-11-21)26(39)35(3)4)18-16-25(24)34-29(38)37(6-2)23-14-12-22(13-15-23)30(31,32)33/h1,8-15H,6-7,16-19H2,2-4H3. The van der Waals surface area contributed by atoms with Gasteiger partial charge in [-0.25, -0.2) is 4.98 Å². The fraction of sp³-hybridized carbons (Fsp3) is 0.333. The van der Waals surface area contributed by atoms with Gasteiger partial charge in [0, 0.05) is 63.4 Å². The van der Waals surface area contributed by atoms with Crippen molar-refractivity contribution in [3.63, 3.8) is 0 Å². The van der Waals surface area contributed by atoms with Gasteiger partial charge in [-0.15, -0.1) is 12.3 Å². The van der Waals surface area contributed by atoms with Crippen LogP contribution in [-0.4, -0.2) is 58.4 Å². The van der Waals surface area contributed by atoms with Crippen LogP contribution in [-0.2, 0) is 25.7 Å². The highest BCUT2D eigenvalue weighted by atomic mass is 19.4. The van der Waals surface area contributed by atoms with E-state index in [0.717, 1.165) is 12.1 Å². The first-order valence-electron chi connectivity index (χ1n) is 13.1. The number of hydrogen-bond donors (Lipinski definition) is 0. The molecular weight excluding hydrogens is 535 g/mol. The number of hydrogen-bond acceptors (Lipinski definition) is 5. The number of halogens is 3. The van der Waals surface area contributed by atoms with Crippen molar-refractivity contribution in [1.82, 2.24) is 19.4 Å². The summed E-state index contributed by atoms with van der Waals surface area (Å²) in [6, 6.07) is 11.0. The van der Waals surface area contributed by atoms with Gasteiger partial charge in [-0.05, 0) is 55.5 Å². The van der Waals surface area contributed by atoms with Crippen LogP contribution in [0.4, 0.5) is 24.8 Å². The number of nitrogens with zero attached hydrogens (tertiary/aromatic N) is 5. The van der Waals surface area contributed by atoms with Gasteiger partial charge in [-0.2, -0.15) is 13.2 Å². The first-order chi connectivity index (χ1) is 19.5. The van der Waals surface area contributed by atoms with Crippen LogP contribution in [0.2, 0.25) is 0 Å². The van der Waals surface area contributed by atoms with E-state index in [1.54, 1.807) is 48.2 Å². The van der Waals surface area contributed by atoms with E-state index in [1.165, 1.54) is 21.6 Å². The van der Waals surface area contributed by atoms with Gasteiger partial charge in [0.1, 0.15) is 0 Å². The van der Waals surface area contributed by atoms with Crippen molar-refractivity contribution >= 4 is 23.5 Å². The van der Waals surface area contributed by atoms with Gasteiger partial charge in [-0.3, -0.25) is 19.0 Å². The largest absolute Gasteiger partial charge is 0.416 e. The summed E-state index contributed by atoms with van der Waals surface area (Å²) in [5.74, 6) is 2.34. The van der Waals surface area contributed by atoms with Gasteiger partial charge in [0.2, 0.25) is 5.95 Å². The molecule has 0 saturated heterocycles. The Balaban J connectivity index is 1.67. The molecule has 0 spiro atoms. The van der Waals surface area contributed by atoms with E-state index in [0.29, 0.717) is 47.6 Å². The highest BCUT2D eigenvalue weighted by Gasteiger charge is 2.31. The monoisotopic (exact) mass is 565 g/mol. The van der Waals surface area contributed by atoms with Crippen molar-refractivity contribution in [2.45, 2.75) is 39.0 Å². The zero-order valence-electron chi connectivity index (χ0n) is 23.0. The lowest BCUT2D eigenvalue weighted by atomic mass is 10.0. The highest BCUT2D eigenvalue weighted by molar-refractivity contribution is 5.97. The van der Waals surface area contributed by atoms with Gasteiger partial charge in [-0.1, -0.05) is 0 Å². The quantitative estimate of drug-likeness (QED) is 0.399. The van der Waals surface area contributed by atoms with Crippen LogP contribution >= 0.6 is 0 Å². The Morgan fingerprint density at radius 2 is 1.68 bits per heavy atom. The predicted octanol–water partition coefficient (Wildman–Crippen LogP) is 4.34. The van der Waals surface area contributed by atoms with E-state index in [1.807, 2.05) is 6.92 Å². The molecule has 8 nitrogen and oxygen atoms in total. The number of rotatable bonds is 7. The molecule has 1 aliphatic heterocycles. The lowest BCUT2D eigenvalue weighted by Crippen LogP contribution is -2.42. The summed E-state index contributed by atoms with van der Waals surface area (Å²) in [6.45, 7) is 2.66. The number of carbonyl (C=O) groups excluding carboxylic acids is 2. The van der Waals surface area contributed by atoms with Crippen LogP contribution in [0.25, 0.3) is 0 Å². The van der Waals surface area contributed by atoms with Crippen LogP contribution < -0.4 is 10.5 Å². The SMILES string of the molecule is C#CCCn1c(N(CC)c2ccc(C(F)(F)F)cc2)nc2c(c1=O)CN(C(=O)c1ccc(C(=O)N(C)C)cc1)CC2. The number of aromatic nitrogens is 2. The van der Waals surface area contributed by atoms with Crippen LogP contribution in [0.15, 0.2) is 53.3 Å². The van der Waals surface area contributed by atoms with E-state index in [2.05, 4.69) is 5.92 Å². The molecule has 0 N–H and O–H groups in total. The Morgan fingerprint density at radius 1 is 1.05 bits per heavy atom. The number of fused-ring (bicyclic) bond motifs is 1. The molecule has 11 heteroatoms. The first kappa shape index (κ1) is 29.4. The summed E-state index contributed by atoms with van der Waals surface area (Å²) in [6.07, 6.45) is 1.57. The Kier molecular flexibility index (Phi) is 8.52. The number of benzene rings is 2. The summed E-state index contributed by atoms with van der Waals surface area (Å²) < 4.78 is 40.8. The van der Waals surface area contributed by atoms with Gasteiger partial charge in [0.25, 0.3) is 17.4 Å². The third-order valence-electron chi connectivity index (χ3n) is 6.91. The van der Waals surface area contributed by atoms with Crippen LogP contribution in [0.1, 0.15) is 50.9 Å². The summed E-state index contributed by atoms with van der Waals surface area (Å²) in [5, 5.41) is 0. The fourth-order valence-electron chi connectivity index (χ4n) is 4.73. The molecule has 3 aromatic rings. The maximum absolute atomic E-state index is 13.8. The third kappa shape index (κ3) is 6.11. The molecule has 0 bridgehead atoms. The molecule has 214 valence electrons. The second-order valence-electron chi connectivity index (χ2n) is 9.79. The second kappa shape index (κ2) is 11.9. The molecule has 0 fully saturated rings. The molecule has 4 rings (SSSR count). The maximum atomic E-state index is 13.8. The minimum Gasteiger partial charge on any atom is -0.345 e. The van der Waals surface area contributed by atoms with Crippen molar-refractivity contribution < 1.29 is 22.8 Å². The predicted molar refractivity (Wildman–Crippen MR) is 149 cm³/mol. The lowest BCUT2D eigenvalue weighted by molar-refractivity contribution is -0.137. The molecule has 1 aliphatic rings. The van der Waals surface area contributed by atoms with Crippen LogP contribution in [0, 0.1) is 12.3 Å². The van der Waals surface area contributed by atoms with E-state index in [-0.39, 0.29) is 42.8 Å². The van der Waals surface area contributed by atoms with Gasteiger partial charge >= 0.3 is 6.18 Å². The van der Waals surface area contributed by atoms with E-state index >= 15 is 0 Å². The van der Waals surface area contributed by atoms with Crippen molar-refractivity contribution in [3.8, 4) is 12.3 Å². The smallest absolute Gasteiger partial charge is 0.345 e. The molecule has 2 heterocycles. The number of alkyl halides is 3. The Labute approximate surface area is 236 Å². The molecule has 0 saturated carbocycles. The topological polar surface area (TPSA) is 78.8 Å². The minimum atomic E-state index is -4.47. The van der Waals surface area contributed by atoms with E-state index in [4.69, 9.17) is 11.4 Å². The second-order valence-corrected chi connectivity index (χ2v) is 9.79. The van der Waals surface area contributed by atoms with Crippen molar-refractivity contribution in [3.05, 3.63) is 86.8 Å². The van der Waals surface area contributed by atoms with Crippen LogP contribution in [0.3, 0.4) is 0 Å². The summed E-state index contributed by atoms with van der Waals surface area (Å²) in [5.41, 5.74) is 1.07.